The number of nitrogens with one attached hydrogen (secondary N) is 2. The van der Waals surface area contributed by atoms with E-state index in [4.69, 9.17) is 15.2 Å². The molecule has 200 valence electrons. The molecule has 4 N–H and O–H groups in total. The second-order valence-corrected chi connectivity index (χ2v) is 11.3. The number of hydrogen-bond acceptors (Lipinski definition) is 10. The molecule has 2 aromatic carbocycles. The van der Waals surface area contributed by atoms with E-state index in [-0.39, 0.29) is 23.6 Å². The Morgan fingerprint density at radius 2 is 1.97 bits per heavy atom. The molecule has 7 rings (SSSR count). The summed E-state index contributed by atoms with van der Waals surface area (Å²) in [7, 11) is 0. The van der Waals surface area contributed by atoms with Crippen molar-refractivity contribution in [2.45, 2.75) is 44.6 Å². The molecule has 0 unspecified atom stereocenters. The minimum Gasteiger partial charge on any atom is -0.394 e. The number of nitrogen functional groups attached to an aromatic ring is 1. The maximum Gasteiger partial charge on any atom is 0.287 e. The van der Waals surface area contributed by atoms with Crippen molar-refractivity contribution in [3.63, 3.8) is 0 Å². The van der Waals surface area contributed by atoms with Gasteiger partial charge in [0.25, 0.3) is 22.3 Å². The summed E-state index contributed by atoms with van der Waals surface area (Å²) in [5, 5.41) is 3.39. The standard InChI is InChI=1S/C27H25N5O6S/c28-19-20(22(34)21(19)33)32-6-4-14-2-1-13(9-15(14)12-32)11-29-25(36)23-30-24(35)18-16-3-5-27(37-7-8-38-27)10-17(16)39-26(18)31-23/h1-2,9H,3-8,10-12,28H2,(H,29,36)(H,30,31,35). The fourth-order valence-corrected chi connectivity index (χ4v) is 7.21. The van der Waals surface area contributed by atoms with Crippen LogP contribution in [-0.2, 0) is 41.8 Å². The molecule has 2 aromatic heterocycles. The molecule has 4 aromatic rings. The van der Waals surface area contributed by atoms with E-state index < -0.39 is 22.6 Å². The number of fused-ring (bicyclic) bond motifs is 4. The van der Waals surface area contributed by atoms with Crippen molar-refractivity contribution in [2.75, 3.05) is 30.4 Å². The third-order valence-electron chi connectivity index (χ3n) is 7.93. The summed E-state index contributed by atoms with van der Waals surface area (Å²) in [5.41, 5.74) is 8.57. The highest BCUT2D eigenvalue weighted by Gasteiger charge is 2.41. The van der Waals surface area contributed by atoms with Crippen LogP contribution >= 0.6 is 11.3 Å². The molecule has 0 radical (unpaired) electrons. The van der Waals surface area contributed by atoms with Crippen LogP contribution < -0.4 is 32.4 Å². The quantitative estimate of drug-likeness (QED) is 0.316. The number of aryl methyl sites for hydroxylation is 1. The molecule has 1 spiro atoms. The summed E-state index contributed by atoms with van der Waals surface area (Å²) < 4.78 is 11.7. The molecule has 1 amide bonds. The van der Waals surface area contributed by atoms with Crippen LogP contribution in [0.15, 0.2) is 32.6 Å². The highest BCUT2D eigenvalue weighted by atomic mass is 32.1. The van der Waals surface area contributed by atoms with Crippen molar-refractivity contribution in [3.8, 4) is 0 Å². The minimum absolute atomic E-state index is 0.0247. The van der Waals surface area contributed by atoms with Crippen molar-refractivity contribution in [3.05, 3.63) is 82.0 Å². The number of benzene rings is 1. The number of hydrogen-bond donors (Lipinski definition) is 3. The largest absolute Gasteiger partial charge is 0.394 e. The van der Waals surface area contributed by atoms with Crippen molar-refractivity contribution in [1.29, 1.82) is 0 Å². The van der Waals surface area contributed by atoms with Crippen LogP contribution in [0.4, 0.5) is 11.4 Å². The lowest BCUT2D eigenvalue weighted by atomic mass is 9.92. The Balaban J connectivity index is 1.07. The summed E-state index contributed by atoms with van der Waals surface area (Å²) in [4.78, 5) is 60.0. The third-order valence-corrected chi connectivity index (χ3v) is 9.06. The summed E-state index contributed by atoms with van der Waals surface area (Å²) in [5.74, 6) is -1.12. The number of carbonyl (C=O) groups is 1. The lowest BCUT2D eigenvalue weighted by molar-refractivity contribution is -0.163. The molecular weight excluding hydrogens is 522 g/mol. The fourth-order valence-electron chi connectivity index (χ4n) is 5.91. The van der Waals surface area contributed by atoms with E-state index in [0.29, 0.717) is 61.5 Å². The van der Waals surface area contributed by atoms with Crippen LogP contribution in [0.3, 0.4) is 0 Å². The van der Waals surface area contributed by atoms with Gasteiger partial charge in [-0.3, -0.25) is 19.2 Å². The van der Waals surface area contributed by atoms with Gasteiger partial charge in [0, 0.05) is 37.4 Å². The molecule has 4 heterocycles. The Bertz CT molecular complexity index is 1790. The molecule has 3 aliphatic rings. The van der Waals surface area contributed by atoms with Gasteiger partial charge in [0.2, 0.25) is 5.82 Å². The highest BCUT2D eigenvalue weighted by molar-refractivity contribution is 7.18. The molecule has 1 fully saturated rings. The molecule has 0 saturated carbocycles. The number of nitrogens with zero attached hydrogens (tertiary/aromatic N) is 2. The van der Waals surface area contributed by atoms with Crippen molar-refractivity contribution in [2.24, 2.45) is 0 Å². The second-order valence-electron chi connectivity index (χ2n) is 10.3. The van der Waals surface area contributed by atoms with Gasteiger partial charge in [-0.15, -0.1) is 11.3 Å². The number of carbonyl (C=O) groups excluding carboxylic acids is 1. The molecule has 11 nitrogen and oxygen atoms in total. The molecule has 39 heavy (non-hydrogen) atoms. The van der Waals surface area contributed by atoms with E-state index in [1.807, 2.05) is 23.1 Å². The first-order valence-corrected chi connectivity index (χ1v) is 13.7. The molecule has 1 aliphatic carbocycles. The van der Waals surface area contributed by atoms with Crippen LogP contribution in [-0.4, -0.2) is 41.4 Å². The Hall–Kier alpha value is -3.87. The Labute approximate surface area is 225 Å². The van der Waals surface area contributed by atoms with Crippen LogP contribution in [0.1, 0.15) is 44.2 Å². The summed E-state index contributed by atoms with van der Waals surface area (Å²) in [6.45, 7) is 2.43. The normalized spacial score (nSPS) is 18.0. The zero-order valence-corrected chi connectivity index (χ0v) is 21.7. The van der Waals surface area contributed by atoms with Crippen molar-refractivity contribution < 1.29 is 14.3 Å². The number of aromatic nitrogens is 2. The van der Waals surface area contributed by atoms with Gasteiger partial charge in [0.05, 0.1) is 18.6 Å². The van der Waals surface area contributed by atoms with Gasteiger partial charge >= 0.3 is 0 Å². The fraction of sp³-hybridized carbons (Fsp3) is 0.370. The third kappa shape index (κ3) is 3.89. The van der Waals surface area contributed by atoms with Crippen LogP contribution in [0.25, 0.3) is 10.2 Å². The number of nitrogens with two attached hydrogens (primary N) is 1. The first-order chi connectivity index (χ1) is 18.8. The number of thiophene rings is 1. The van der Waals surface area contributed by atoms with Crippen molar-refractivity contribution in [1.82, 2.24) is 15.3 Å². The van der Waals surface area contributed by atoms with Crippen LogP contribution in [0.2, 0.25) is 0 Å². The maximum atomic E-state index is 13.0. The van der Waals surface area contributed by atoms with E-state index in [2.05, 4.69) is 15.3 Å². The first kappa shape index (κ1) is 24.2. The average Bonchev–Trinajstić information content (AvgIpc) is 3.55. The van der Waals surface area contributed by atoms with E-state index >= 15 is 0 Å². The van der Waals surface area contributed by atoms with Gasteiger partial charge in [0.1, 0.15) is 16.2 Å². The first-order valence-electron chi connectivity index (χ1n) is 12.9. The van der Waals surface area contributed by atoms with E-state index in [9.17, 15) is 19.2 Å². The van der Waals surface area contributed by atoms with Gasteiger partial charge in [-0.1, -0.05) is 18.2 Å². The number of anilines is 2. The Kier molecular flexibility index (Phi) is 5.48. The molecule has 2 aliphatic heterocycles. The summed E-state index contributed by atoms with van der Waals surface area (Å²) >= 11 is 1.41. The van der Waals surface area contributed by atoms with E-state index in [1.165, 1.54) is 11.3 Å². The monoisotopic (exact) mass is 547 g/mol. The minimum atomic E-state index is -0.624. The van der Waals surface area contributed by atoms with E-state index in [1.54, 1.807) is 0 Å². The van der Waals surface area contributed by atoms with E-state index in [0.717, 1.165) is 33.6 Å². The molecule has 12 heteroatoms. The highest BCUT2D eigenvalue weighted by Crippen LogP contribution is 2.41. The van der Waals surface area contributed by atoms with Gasteiger partial charge in [-0.05, 0) is 35.1 Å². The average molecular weight is 548 g/mol. The number of H-pyrrole nitrogens is 1. The molecular formula is C27H25N5O6S. The predicted octanol–water partition coefficient (Wildman–Crippen LogP) is 0.887. The zero-order valence-electron chi connectivity index (χ0n) is 20.9. The van der Waals surface area contributed by atoms with Crippen molar-refractivity contribution >= 4 is 38.8 Å². The maximum absolute atomic E-state index is 13.0. The van der Waals surface area contributed by atoms with Gasteiger partial charge in [-0.25, -0.2) is 4.98 Å². The lowest BCUT2D eigenvalue weighted by Gasteiger charge is -2.32. The van der Waals surface area contributed by atoms with Gasteiger partial charge in [-0.2, -0.15) is 0 Å². The zero-order chi connectivity index (χ0) is 26.9. The van der Waals surface area contributed by atoms with Gasteiger partial charge < -0.3 is 30.4 Å². The predicted molar refractivity (Wildman–Crippen MR) is 145 cm³/mol. The smallest absolute Gasteiger partial charge is 0.287 e. The topological polar surface area (TPSA) is 157 Å². The molecule has 0 atom stereocenters. The van der Waals surface area contributed by atoms with Gasteiger partial charge in [0.15, 0.2) is 5.79 Å². The summed E-state index contributed by atoms with van der Waals surface area (Å²) in [6.07, 6.45) is 2.64. The number of amides is 1. The molecule has 1 saturated heterocycles. The SMILES string of the molecule is Nc1c(N2CCc3ccc(CNC(=O)c4nc5sc6c(c5c(=O)[nH]4)CCC4(C6)OCCO4)cc3C2)c(=O)c1=O. The Morgan fingerprint density at radius 1 is 1.15 bits per heavy atom. The van der Waals surface area contributed by atoms with Crippen LogP contribution in [0, 0.1) is 0 Å². The molecule has 0 bridgehead atoms. The lowest BCUT2D eigenvalue weighted by Crippen LogP contribution is -2.44. The number of aromatic amines is 1. The van der Waals surface area contributed by atoms with Crippen LogP contribution in [0.5, 0.6) is 0 Å². The Morgan fingerprint density at radius 3 is 2.77 bits per heavy atom. The second kappa shape index (κ2) is 8.83. The summed E-state index contributed by atoms with van der Waals surface area (Å²) in [6, 6.07) is 5.92. The number of rotatable bonds is 4. The number of ether oxygens (including phenoxy) is 2.